The van der Waals surface area contributed by atoms with Crippen molar-refractivity contribution in [1.29, 1.82) is 0 Å². The lowest BCUT2D eigenvalue weighted by Gasteiger charge is -2.22. The molecule has 4 heterocycles. The van der Waals surface area contributed by atoms with Crippen molar-refractivity contribution < 1.29 is 9.53 Å². The lowest BCUT2D eigenvalue weighted by molar-refractivity contribution is 0.0711. The molecule has 0 saturated heterocycles. The van der Waals surface area contributed by atoms with E-state index in [0.29, 0.717) is 30.0 Å². The van der Waals surface area contributed by atoms with E-state index in [2.05, 4.69) is 77.4 Å². The Hall–Kier alpha value is -7.75. The molecule has 1 atom stereocenters. The normalized spacial score (nSPS) is 13.9. The smallest absolute Gasteiger partial charge is 0.274 e. The fourth-order valence-electron chi connectivity index (χ4n) is 8.64. The van der Waals surface area contributed by atoms with Gasteiger partial charge in [0.05, 0.1) is 64.4 Å². The van der Waals surface area contributed by atoms with Crippen LogP contribution >= 0.6 is 11.6 Å². The number of hydrazone groups is 1. The summed E-state index contributed by atoms with van der Waals surface area (Å²) in [6.45, 7) is 0.434. The summed E-state index contributed by atoms with van der Waals surface area (Å²) < 4.78 is 7.60. The van der Waals surface area contributed by atoms with Gasteiger partial charge in [-0.1, -0.05) is 115 Å². The number of benzene rings is 7. The Morgan fingerprint density at radius 3 is 1.92 bits per heavy atom. The van der Waals surface area contributed by atoms with E-state index in [1.165, 1.54) is 0 Å². The number of hydrogen-bond acceptors (Lipinski definition) is 7. The number of nitrogens with zero attached hydrogens (tertiary/aromatic N) is 7. The monoisotopic (exact) mass is 839 g/mol. The van der Waals surface area contributed by atoms with Gasteiger partial charge < -0.3 is 9.30 Å². The number of carbonyl (C=O) groups is 1. The van der Waals surface area contributed by atoms with Gasteiger partial charge in [-0.3, -0.25) is 4.79 Å². The average Bonchev–Trinajstić information content (AvgIpc) is 3.89. The molecule has 0 fully saturated rings. The molecule has 0 aliphatic carbocycles. The standard InChI is InChI=1S/C53H38ClN7O2/c1-63-41-24-20-35(21-25-41)48-31-40(59-61(48)53(62)38-18-22-39(54)23-19-38)32-60-47-15-9-8-14-42(47)51-52(60)58-44-27-17-34(30-46(44)57-51)28-33-16-26-43-45(29-33)56-50(37-12-6-3-7-13-37)49(55-43)36-10-4-2-5-11-36/h2-27,29-30,48H,28,31-32H2,1H3. The van der Waals surface area contributed by atoms with E-state index >= 15 is 0 Å². The number of hydrogen-bond donors (Lipinski definition) is 0. The number of amides is 1. The zero-order valence-corrected chi connectivity index (χ0v) is 34.9. The molecule has 11 rings (SSSR count). The van der Waals surface area contributed by atoms with Crippen LogP contribution in [0.3, 0.4) is 0 Å². The molecule has 9 nitrogen and oxygen atoms in total. The van der Waals surface area contributed by atoms with Crippen molar-refractivity contribution in [2.75, 3.05) is 7.11 Å². The van der Waals surface area contributed by atoms with Crippen LogP contribution in [-0.2, 0) is 13.0 Å². The Morgan fingerprint density at radius 2 is 1.25 bits per heavy atom. The minimum atomic E-state index is -0.306. The van der Waals surface area contributed by atoms with Gasteiger partial charge >= 0.3 is 0 Å². The van der Waals surface area contributed by atoms with Crippen LogP contribution in [0.5, 0.6) is 5.75 Å². The molecule has 0 saturated carbocycles. The first-order valence-corrected chi connectivity index (χ1v) is 21.2. The molecule has 7 aromatic carbocycles. The minimum Gasteiger partial charge on any atom is -0.497 e. The number of para-hydroxylation sites is 1. The number of fused-ring (bicyclic) bond motifs is 5. The van der Waals surface area contributed by atoms with Crippen LogP contribution in [0.25, 0.3) is 66.6 Å². The number of carbonyl (C=O) groups excluding carboxylic acids is 1. The SMILES string of the molecule is COc1ccc(C2CC(Cn3c4ccccc4c4nc5cc(Cc6ccc7nc(-c8ccccc8)c(-c8ccccc8)nc7c6)ccc5nc43)=NN2C(=O)c2ccc(Cl)cc2)cc1. The maximum atomic E-state index is 14.0. The van der Waals surface area contributed by atoms with E-state index in [0.717, 1.165) is 94.8 Å². The minimum absolute atomic E-state index is 0.197. The van der Waals surface area contributed by atoms with Crippen LogP contribution < -0.4 is 4.74 Å². The van der Waals surface area contributed by atoms with Crippen LogP contribution in [0.2, 0.25) is 5.02 Å². The molecule has 0 bridgehead atoms. The molecule has 10 aromatic rings. The second kappa shape index (κ2) is 15.9. The first-order valence-electron chi connectivity index (χ1n) is 20.8. The van der Waals surface area contributed by atoms with Crippen LogP contribution in [0.4, 0.5) is 0 Å². The van der Waals surface area contributed by atoms with E-state index in [1.807, 2.05) is 72.8 Å². The van der Waals surface area contributed by atoms with E-state index in [4.69, 9.17) is 41.4 Å². The van der Waals surface area contributed by atoms with Gasteiger partial charge in [-0.2, -0.15) is 5.10 Å². The number of rotatable bonds is 9. The van der Waals surface area contributed by atoms with Gasteiger partial charge in [0.25, 0.3) is 5.91 Å². The van der Waals surface area contributed by atoms with Crippen LogP contribution in [-0.4, -0.2) is 48.2 Å². The summed E-state index contributed by atoms with van der Waals surface area (Å²) in [5.74, 6) is 0.549. The van der Waals surface area contributed by atoms with E-state index in [9.17, 15) is 4.79 Å². The number of aromatic nitrogens is 5. The summed E-state index contributed by atoms with van der Waals surface area (Å²) in [5, 5.41) is 8.18. The molecule has 3 aromatic heterocycles. The van der Waals surface area contributed by atoms with Crippen molar-refractivity contribution in [3.05, 3.63) is 197 Å². The van der Waals surface area contributed by atoms with Crippen molar-refractivity contribution in [3.8, 4) is 28.3 Å². The molecule has 1 aliphatic rings. The molecule has 10 heteroatoms. The van der Waals surface area contributed by atoms with Crippen molar-refractivity contribution in [1.82, 2.24) is 29.5 Å². The predicted octanol–water partition coefficient (Wildman–Crippen LogP) is 11.9. The number of halogens is 1. The lowest BCUT2D eigenvalue weighted by Crippen LogP contribution is -2.27. The van der Waals surface area contributed by atoms with Crippen LogP contribution in [0, 0.1) is 0 Å². The first-order chi connectivity index (χ1) is 31.0. The maximum Gasteiger partial charge on any atom is 0.274 e. The van der Waals surface area contributed by atoms with Gasteiger partial charge in [-0.25, -0.2) is 24.9 Å². The highest BCUT2D eigenvalue weighted by Gasteiger charge is 2.34. The third kappa shape index (κ3) is 7.22. The average molecular weight is 840 g/mol. The Morgan fingerprint density at radius 1 is 0.651 bits per heavy atom. The third-order valence-electron chi connectivity index (χ3n) is 11.8. The Bertz CT molecular complexity index is 3390. The second-order valence-corrected chi connectivity index (χ2v) is 16.2. The zero-order valence-electron chi connectivity index (χ0n) is 34.2. The highest BCUT2D eigenvalue weighted by atomic mass is 35.5. The summed E-state index contributed by atoms with van der Waals surface area (Å²) in [7, 11) is 1.64. The molecule has 0 N–H and O–H groups in total. The van der Waals surface area contributed by atoms with E-state index in [1.54, 1.807) is 36.4 Å². The fraction of sp³-hybridized carbons (Fsp3) is 0.0943. The zero-order chi connectivity index (χ0) is 42.4. The van der Waals surface area contributed by atoms with Gasteiger partial charge in [0.2, 0.25) is 0 Å². The van der Waals surface area contributed by atoms with E-state index in [-0.39, 0.29) is 11.9 Å². The lowest BCUT2D eigenvalue weighted by atomic mass is 10.0. The molecule has 1 aliphatic heterocycles. The Labute approximate surface area is 367 Å². The molecule has 0 radical (unpaired) electrons. The topological polar surface area (TPSA) is 98.4 Å². The summed E-state index contributed by atoms with van der Waals surface area (Å²) in [6.07, 6.45) is 1.24. The quantitative estimate of drug-likeness (QED) is 0.144. The van der Waals surface area contributed by atoms with Crippen molar-refractivity contribution in [2.24, 2.45) is 5.10 Å². The van der Waals surface area contributed by atoms with Gasteiger partial charge in [0.1, 0.15) is 11.3 Å². The van der Waals surface area contributed by atoms with E-state index < -0.39 is 0 Å². The molecular formula is C53H38ClN7O2. The van der Waals surface area contributed by atoms with Crippen LogP contribution in [0.15, 0.2) is 175 Å². The fourth-order valence-corrected chi connectivity index (χ4v) is 8.77. The largest absolute Gasteiger partial charge is 0.497 e. The van der Waals surface area contributed by atoms with Gasteiger partial charge in [-0.15, -0.1) is 0 Å². The Kier molecular flexibility index (Phi) is 9.66. The predicted molar refractivity (Wildman–Crippen MR) is 251 cm³/mol. The molecule has 304 valence electrons. The molecule has 1 amide bonds. The summed E-state index contributed by atoms with van der Waals surface area (Å²) in [4.78, 5) is 34.9. The van der Waals surface area contributed by atoms with Crippen molar-refractivity contribution >= 4 is 67.4 Å². The molecule has 0 spiro atoms. The highest BCUT2D eigenvalue weighted by molar-refractivity contribution is 6.30. The molecular weight excluding hydrogens is 802 g/mol. The maximum absolute atomic E-state index is 14.0. The van der Waals surface area contributed by atoms with Crippen molar-refractivity contribution in [3.63, 3.8) is 0 Å². The van der Waals surface area contributed by atoms with Gasteiger partial charge in [-0.05, 0) is 89.8 Å². The van der Waals surface area contributed by atoms with Gasteiger partial charge in [0.15, 0.2) is 5.65 Å². The number of methoxy groups -OCH3 is 1. The summed E-state index contributed by atoms with van der Waals surface area (Å²) >= 11 is 6.18. The third-order valence-corrected chi connectivity index (χ3v) is 12.0. The van der Waals surface area contributed by atoms with Crippen LogP contribution in [0.1, 0.15) is 39.5 Å². The molecule has 1 unspecified atom stereocenters. The molecule has 63 heavy (non-hydrogen) atoms. The summed E-state index contributed by atoms with van der Waals surface area (Å²) in [5.41, 5.74) is 14.2. The summed E-state index contributed by atoms with van der Waals surface area (Å²) in [6, 6.07) is 55.8. The van der Waals surface area contributed by atoms with Gasteiger partial charge in [0, 0.05) is 33.5 Å². The number of ether oxygens (including phenoxy) is 1. The van der Waals surface area contributed by atoms with Crippen molar-refractivity contribution in [2.45, 2.75) is 25.4 Å². The Balaban J connectivity index is 0.927. The first kappa shape index (κ1) is 38.2. The highest BCUT2D eigenvalue weighted by Crippen LogP contribution is 2.36. The second-order valence-electron chi connectivity index (χ2n) is 15.8.